The summed E-state index contributed by atoms with van der Waals surface area (Å²) in [6, 6.07) is 1.94. The summed E-state index contributed by atoms with van der Waals surface area (Å²) in [5.74, 6) is 0. The van der Waals surface area contributed by atoms with E-state index in [0.29, 0.717) is 10.3 Å². The second kappa shape index (κ2) is 3.34. The molecule has 0 aromatic carbocycles. The van der Waals surface area contributed by atoms with Gasteiger partial charge in [0.15, 0.2) is 0 Å². The first-order valence-corrected chi connectivity index (χ1v) is 4.72. The van der Waals surface area contributed by atoms with Crippen LogP contribution in [0.15, 0.2) is 17.1 Å². The molecule has 0 bridgehead atoms. The summed E-state index contributed by atoms with van der Waals surface area (Å²) in [5, 5.41) is 0.870. The topological polar surface area (TPSA) is 61.5 Å². The molecule has 2 aromatic heterocycles. The van der Waals surface area contributed by atoms with Crippen LogP contribution in [0.25, 0.3) is 11.0 Å². The summed E-state index contributed by atoms with van der Waals surface area (Å²) in [4.78, 5) is 20.1. The van der Waals surface area contributed by atoms with E-state index in [9.17, 15) is 4.79 Å². The Kier molecular flexibility index (Phi) is 2.17. The Balaban J connectivity index is 2.86. The number of nitrogens with one attached hydrogen (secondary N) is 2. The van der Waals surface area contributed by atoms with E-state index in [0.717, 1.165) is 17.4 Å². The Hall–Kier alpha value is -1.49. The van der Waals surface area contributed by atoms with Crippen LogP contribution in [0.5, 0.6) is 0 Å². The lowest BCUT2D eigenvalue weighted by atomic mass is 10.2. The number of pyridine rings is 1. The zero-order valence-electron chi connectivity index (χ0n) is 7.63. The van der Waals surface area contributed by atoms with Crippen molar-refractivity contribution in [1.82, 2.24) is 15.0 Å². The molecule has 5 heteroatoms. The number of aromatic nitrogens is 3. The molecule has 0 saturated heterocycles. The van der Waals surface area contributed by atoms with Gasteiger partial charge in [-0.1, -0.05) is 19.1 Å². The number of H-pyrrole nitrogens is 2. The number of fused-ring (bicyclic) bond motifs is 1. The van der Waals surface area contributed by atoms with Gasteiger partial charge in [0, 0.05) is 11.6 Å². The fourth-order valence-corrected chi connectivity index (χ4v) is 1.63. The molecule has 0 aliphatic rings. The van der Waals surface area contributed by atoms with Gasteiger partial charge in [0.1, 0.15) is 10.3 Å². The number of hydrogen-bond donors (Lipinski definition) is 2. The third-order valence-electron chi connectivity index (χ3n) is 2.08. The third kappa shape index (κ3) is 1.46. The third-order valence-corrected chi connectivity index (χ3v) is 2.45. The van der Waals surface area contributed by atoms with Gasteiger partial charge in [-0.05, 0) is 18.1 Å². The molecule has 2 heterocycles. The average molecular weight is 207 g/mol. The molecule has 2 N–H and O–H groups in total. The smallest absolute Gasteiger partial charge is 0.332 e. The standard InChI is InChI=1S/C9H9N3OS/c1-2-5-3-6-4-10-9(13)12-7(6)11-8(5)14/h3-4H,2H2,1H3,(H2,10,11,12,13,14). The zero-order valence-corrected chi connectivity index (χ0v) is 8.44. The maximum absolute atomic E-state index is 10.9. The van der Waals surface area contributed by atoms with Crippen LogP contribution in [-0.2, 0) is 6.42 Å². The van der Waals surface area contributed by atoms with Gasteiger partial charge < -0.3 is 4.98 Å². The van der Waals surface area contributed by atoms with E-state index in [4.69, 9.17) is 12.2 Å². The molecule has 0 aliphatic carbocycles. The van der Waals surface area contributed by atoms with Crippen molar-refractivity contribution >= 4 is 23.3 Å². The van der Waals surface area contributed by atoms with Gasteiger partial charge in [0.2, 0.25) is 0 Å². The van der Waals surface area contributed by atoms with Gasteiger partial charge in [0.25, 0.3) is 0 Å². The quantitative estimate of drug-likeness (QED) is 0.697. The summed E-state index contributed by atoms with van der Waals surface area (Å²) < 4.78 is 0.668. The van der Waals surface area contributed by atoms with Crippen molar-refractivity contribution in [2.75, 3.05) is 0 Å². The first kappa shape index (κ1) is 9.08. The molecule has 0 atom stereocenters. The van der Waals surface area contributed by atoms with Crippen LogP contribution < -0.4 is 5.69 Å². The molecule has 2 aromatic rings. The number of rotatable bonds is 1. The Morgan fingerprint density at radius 1 is 1.50 bits per heavy atom. The Morgan fingerprint density at radius 3 is 3.00 bits per heavy atom. The van der Waals surface area contributed by atoms with E-state index in [1.807, 2.05) is 13.0 Å². The fraction of sp³-hybridized carbons (Fsp3) is 0.222. The normalized spacial score (nSPS) is 10.6. The highest BCUT2D eigenvalue weighted by Gasteiger charge is 1.99. The lowest BCUT2D eigenvalue weighted by Gasteiger charge is -2.00. The molecule has 0 aliphatic heterocycles. The van der Waals surface area contributed by atoms with Crippen LogP contribution in [0.2, 0.25) is 0 Å². The summed E-state index contributed by atoms with van der Waals surface area (Å²) in [6.07, 6.45) is 2.41. The molecule has 4 nitrogen and oxygen atoms in total. The lowest BCUT2D eigenvalue weighted by Crippen LogP contribution is -2.09. The first-order valence-electron chi connectivity index (χ1n) is 4.32. The SMILES string of the molecule is CCc1cc2cnc(=O)[nH]c2[nH]c1=S. The van der Waals surface area contributed by atoms with Crippen molar-refractivity contribution in [2.45, 2.75) is 13.3 Å². The molecular formula is C9H9N3OS. The van der Waals surface area contributed by atoms with Crippen LogP contribution in [0.4, 0.5) is 0 Å². The molecule has 0 spiro atoms. The first-order chi connectivity index (χ1) is 6.70. The highest BCUT2D eigenvalue weighted by atomic mass is 32.1. The van der Waals surface area contributed by atoms with E-state index in [1.165, 1.54) is 0 Å². The van der Waals surface area contributed by atoms with E-state index < -0.39 is 0 Å². The molecule has 72 valence electrons. The highest BCUT2D eigenvalue weighted by Crippen LogP contribution is 2.10. The van der Waals surface area contributed by atoms with E-state index in [1.54, 1.807) is 6.20 Å². The largest absolute Gasteiger partial charge is 0.346 e. The predicted molar refractivity (Wildman–Crippen MR) is 56.9 cm³/mol. The second-order valence-corrected chi connectivity index (χ2v) is 3.40. The van der Waals surface area contributed by atoms with Crippen molar-refractivity contribution in [3.8, 4) is 0 Å². The van der Waals surface area contributed by atoms with Gasteiger partial charge in [-0.3, -0.25) is 4.98 Å². The lowest BCUT2D eigenvalue weighted by molar-refractivity contribution is 1.06. The Bertz CT molecular complexity index is 584. The van der Waals surface area contributed by atoms with Crippen molar-refractivity contribution in [3.63, 3.8) is 0 Å². The Labute approximate surface area is 85.0 Å². The van der Waals surface area contributed by atoms with Gasteiger partial charge in [-0.15, -0.1) is 0 Å². The number of aryl methyl sites for hydroxylation is 1. The maximum atomic E-state index is 10.9. The van der Waals surface area contributed by atoms with Crippen LogP contribution >= 0.6 is 12.2 Å². The van der Waals surface area contributed by atoms with Gasteiger partial charge in [0.05, 0.1) is 0 Å². The summed E-state index contributed by atoms with van der Waals surface area (Å²) in [5.41, 5.74) is 1.32. The molecule has 0 saturated carbocycles. The van der Waals surface area contributed by atoms with Gasteiger partial charge in [-0.2, -0.15) is 0 Å². The summed E-state index contributed by atoms with van der Waals surface area (Å²) in [7, 11) is 0. The molecule has 0 amide bonds. The maximum Gasteiger partial charge on any atom is 0.346 e. The van der Waals surface area contributed by atoms with Crippen molar-refractivity contribution in [2.24, 2.45) is 0 Å². The summed E-state index contributed by atoms with van der Waals surface area (Å²) >= 11 is 5.12. The summed E-state index contributed by atoms with van der Waals surface area (Å²) in [6.45, 7) is 2.03. The minimum Gasteiger partial charge on any atom is -0.332 e. The van der Waals surface area contributed by atoms with Gasteiger partial charge in [-0.25, -0.2) is 9.78 Å². The Morgan fingerprint density at radius 2 is 2.29 bits per heavy atom. The molecule has 2 rings (SSSR count). The van der Waals surface area contributed by atoms with Crippen LogP contribution in [0, 0.1) is 4.64 Å². The molecular weight excluding hydrogens is 198 g/mol. The van der Waals surface area contributed by atoms with Crippen molar-refractivity contribution in [1.29, 1.82) is 0 Å². The van der Waals surface area contributed by atoms with Crippen molar-refractivity contribution < 1.29 is 0 Å². The van der Waals surface area contributed by atoms with Crippen LogP contribution in [-0.4, -0.2) is 15.0 Å². The fourth-order valence-electron chi connectivity index (χ4n) is 1.33. The van der Waals surface area contributed by atoms with Crippen LogP contribution in [0.3, 0.4) is 0 Å². The number of aromatic amines is 2. The number of nitrogens with zero attached hydrogens (tertiary/aromatic N) is 1. The van der Waals surface area contributed by atoms with Crippen LogP contribution in [0.1, 0.15) is 12.5 Å². The molecule has 0 unspecified atom stereocenters. The molecule has 14 heavy (non-hydrogen) atoms. The molecule has 0 fully saturated rings. The number of hydrogen-bond acceptors (Lipinski definition) is 3. The van der Waals surface area contributed by atoms with E-state index in [-0.39, 0.29) is 5.69 Å². The second-order valence-electron chi connectivity index (χ2n) is 3.00. The average Bonchev–Trinajstić information content (AvgIpc) is 2.16. The molecule has 0 radical (unpaired) electrons. The van der Waals surface area contributed by atoms with E-state index in [2.05, 4.69) is 15.0 Å². The monoisotopic (exact) mass is 207 g/mol. The zero-order chi connectivity index (χ0) is 10.1. The van der Waals surface area contributed by atoms with E-state index >= 15 is 0 Å². The minimum atomic E-state index is -0.368. The minimum absolute atomic E-state index is 0.368. The van der Waals surface area contributed by atoms with Crippen molar-refractivity contribution in [3.05, 3.63) is 33.0 Å². The highest BCUT2D eigenvalue weighted by molar-refractivity contribution is 7.71. The predicted octanol–water partition coefficient (Wildman–Crippen LogP) is 1.54. The van der Waals surface area contributed by atoms with Gasteiger partial charge >= 0.3 is 5.69 Å².